The lowest BCUT2D eigenvalue weighted by molar-refractivity contribution is -0.168. The van der Waals surface area contributed by atoms with Gasteiger partial charge in [-0.3, -0.25) is 4.79 Å². The number of piperidine rings is 1. The number of hydrogen-bond acceptors (Lipinski definition) is 5. The van der Waals surface area contributed by atoms with Crippen molar-refractivity contribution in [1.82, 2.24) is 4.31 Å². The number of halogens is 4. The van der Waals surface area contributed by atoms with Gasteiger partial charge in [0.05, 0.1) is 0 Å². The predicted molar refractivity (Wildman–Crippen MR) is 85.4 cm³/mol. The molecule has 0 amide bonds. The lowest BCUT2D eigenvalue weighted by atomic mass is 9.99. The first-order valence-electron chi connectivity index (χ1n) is 8.57. The Hall–Kier alpha value is -0.980. The molecular formula is C15H23F4NO6S. The van der Waals surface area contributed by atoms with E-state index in [0.29, 0.717) is 0 Å². The van der Waals surface area contributed by atoms with Crippen LogP contribution in [-0.2, 0) is 24.3 Å². The second kappa shape index (κ2) is 8.58. The molecule has 0 unspecified atom stereocenters. The highest BCUT2D eigenvalue weighted by molar-refractivity contribution is 7.91. The van der Waals surface area contributed by atoms with Gasteiger partial charge < -0.3 is 14.6 Å². The summed E-state index contributed by atoms with van der Waals surface area (Å²) in [7, 11) is -4.13. The van der Waals surface area contributed by atoms with Gasteiger partial charge in [-0.25, -0.2) is 21.5 Å². The van der Waals surface area contributed by atoms with Crippen molar-refractivity contribution in [2.45, 2.75) is 42.8 Å². The number of aliphatic carboxylic acids is 1. The zero-order chi connectivity index (χ0) is 20.3. The van der Waals surface area contributed by atoms with E-state index in [0.717, 1.165) is 4.31 Å². The van der Waals surface area contributed by atoms with E-state index in [-0.39, 0.29) is 64.5 Å². The Morgan fingerprint density at radius 3 is 2.30 bits per heavy atom. The zero-order valence-corrected chi connectivity index (χ0v) is 15.4. The van der Waals surface area contributed by atoms with Gasteiger partial charge in [0.25, 0.3) is 0 Å². The quantitative estimate of drug-likeness (QED) is 0.599. The molecule has 0 aromatic heterocycles. The van der Waals surface area contributed by atoms with Crippen molar-refractivity contribution >= 4 is 16.0 Å². The van der Waals surface area contributed by atoms with Crippen LogP contribution in [-0.4, -0.2) is 80.4 Å². The van der Waals surface area contributed by atoms with Gasteiger partial charge in [0, 0.05) is 45.8 Å². The Morgan fingerprint density at radius 1 is 1.26 bits per heavy atom. The molecule has 0 aromatic rings. The fourth-order valence-electron chi connectivity index (χ4n) is 3.27. The fraction of sp³-hybridized carbons (Fsp3) is 0.933. The molecule has 0 spiro atoms. The molecule has 2 aliphatic heterocycles. The Labute approximate surface area is 154 Å². The molecular weight excluding hydrogens is 398 g/mol. The smallest absolute Gasteiger partial charge is 0.330 e. The third-order valence-electron chi connectivity index (χ3n) is 5.06. The molecule has 158 valence electrons. The van der Waals surface area contributed by atoms with Crippen LogP contribution < -0.4 is 0 Å². The minimum Gasteiger partial charge on any atom is -0.480 e. The van der Waals surface area contributed by atoms with Crippen molar-refractivity contribution in [3.63, 3.8) is 0 Å². The SMILES string of the molecule is O=C(O)C1(S(=O)(=O)N2CCC(COCC(F)(F)C(F)F)CC2)CCOCC1. The molecule has 0 aromatic carbocycles. The Morgan fingerprint density at radius 2 is 1.81 bits per heavy atom. The fourth-order valence-corrected chi connectivity index (χ4v) is 5.36. The van der Waals surface area contributed by atoms with Crippen molar-refractivity contribution in [2.24, 2.45) is 5.92 Å². The molecule has 0 bridgehead atoms. The summed E-state index contributed by atoms with van der Waals surface area (Å²) in [5, 5.41) is 9.53. The van der Waals surface area contributed by atoms with Gasteiger partial charge in [0.2, 0.25) is 10.0 Å². The van der Waals surface area contributed by atoms with E-state index in [9.17, 15) is 35.9 Å². The number of sulfonamides is 1. The largest absolute Gasteiger partial charge is 0.480 e. The first kappa shape index (κ1) is 22.3. The summed E-state index contributed by atoms with van der Waals surface area (Å²) >= 11 is 0. The van der Waals surface area contributed by atoms with E-state index >= 15 is 0 Å². The molecule has 2 aliphatic rings. The number of nitrogens with zero attached hydrogens (tertiary/aromatic N) is 1. The van der Waals surface area contributed by atoms with E-state index in [1.54, 1.807) is 0 Å². The molecule has 2 rings (SSSR count). The molecule has 0 aliphatic carbocycles. The van der Waals surface area contributed by atoms with E-state index in [1.807, 2.05) is 0 Å². The van der Waals surface area contributed by atoms with Crippen LogP contribution in [0.2, 0.25) is 0 Å². The molecule has 27 heavy (non-hydrogen) atoms. The summed E-state index contributed by atoms with van der Waals surface area (Å²) in [4.78, 5) is 11.7. The van der Waals surface area contributed by atoms with Crippen LogP contribution in [0.3, 0.4) is 0 Å². The zero-order valence-electron chi connectivity index (χ0n) is 14.6. The van der Waals surface area contributed by atoms with E-state index in [4.69, 9.17) is 4.74 Å². The maximum atomic E-state index is 12.9. The lowest BCUT2D eigenvalue weighted by Gasteiger charge is -2.39. The van der Waals surface area contributed by atoms with Gasteiger partial charge in [0.1, 0.15) is 6.61 Å². The Balaban J connectivity index is 1.91. The molecule has 2 saturated heterocycles. The van der Waals surface area contributed by atoms with Gasteiger partial charge in [-0.05, 0) is 18.8 Å². The van der Waals surface area contributed by atoms with E-state index in [2.05, 4.69) is 4.74 Å². The molecule has 7 nitrogen and oxygen atoms in total. The van der Waals surface area contributed by atoms with Crippen molar-refractivity contribution < 1.29 is 45.4 Å². The summed E-state index contributed by atoms with van der Waals surface area (Å²) < 4.78 is 84.6. The van der Waals surface area contributed by atoms with Gasteiger partial charge in [-0.1, -0.05) is 0 Å². The van der Waals surface area contributed by atoms with Crippen LogP contribution in [0.4, 0.5) is 17.6 Å². The molecule has 2 fully saturated rings. The number of hydrogen-bond donors (Lipinski definition) is 1. The first-order chi connectivity index (χ1) is 12.5. The monoisotopic (exact) mass is 421 g/mol. The number of rotatable bonds is 8. The lowest BCUT2D eigenvalue weighted by Crippen LogP contribution is -2.57. The maximum Gasteiger partial charge on any atom is 0.330 e. The summed E-state index contributed by atoms with van der Waals surface area (Å²) in [6.45, 7) is -1.46. The number of carboxylic acid groups (broad SMARTS) is 1. The van der Waals surface area contributed by atoms with E-state index in [1.165, 1.54) is 0 Å². The molecule has 2 heterocycles. The molecule has 1 N–H and O–H groups in total. The van der Waals surface area contributed by atoms with Gasteiger partial charge in [-0.2, -0.15) is 8.78 Å². The normalized spacial score (nSPS) is 22.9. The van der Waals surface area contributed by atoms with Crippen LogP contribution in [0.15, 0.2) is 0 Å². The minimum atomic E-state index is -4.22. The predicted octanol–water partition coefficient (Wildman–Crippen LogP) is 1.58. The second-order valence-electron chi connectivity index (χ2n) is 6.84. The van der Waals surface area contributed by atoms with Crippen molar-refractivity contribution in [3.8, 4) is 0 Å². The van der Waals surface area contributed by atoms with Gasteiger partial charge in [0.15, 0.2) is 4.75 Å². The van der Waals surface area contributed by atoms with Crippen LogP contribution in [0.5, 0.6) is 0 Å². The number of carboxylic acids is 1. The van der Waals surface area contributed by atoms with Crippen LogP contribution in [0.25, 0.3) is 0 Å². The summed E-state index contributed by atoms with van der Waals surface area (Å²) in [6, 6.07) is 0. The third-order valence-corrected chi connectivity index (χ3v) is 7.68. The average Bonchev–Trinajstić information content (AvgIpc) is 2.62. The van der Waals surface area contributed by atoms with Crippen molar-refractivity contribution in [3.05, 3.63) is 0 Å². The third kappa shape index (κ3) is 4.72. The van der Waals surface area contributed by atoms with Gasteiger partial charge in [-0.15, -0.1) is 0 Å². The average molecular weight is 421 g/mol. The molecule has 0 radical (unpaired) electrons. The van der Waals surface area contributed by atoms with Crippen LogP contribution in [0.1, 0.15) is 25.7 Å². The number of alkyl halides is 4. The molecule has 0 atom stereocenters. The summed E-state index contributed by atoms with van der Waals surface area (Å²) in [6.07, 6.45) is -3.55. The number of carbonyl (C=O) groups is 1. The highest BCUT2D eigenvalue weighted by atomic mass is 32.2. The van der Waals surface area contributed by atoms with E-state index < -0.39 is 39.7 Å². The second-order valence-corrected chi connectivity index (χ2v) is 9.08. The molecule has 12 heteroatoms. The topological polar surface area (TPSA) is 93.1 Å². The highest BCUT2D eigenvalue weighted by Gasteiger charge is 2.54. The van der Waals surface area contributed by atoms with Crippen LogP contribution in [0, 0.1) is 5.92 Å². The van der Waals surface area contributed by atoms with Crippen molar-refractivity contribution in [1.29, 1.82) is 0 Å². The minimum absolute atomic E-state index is 0.0253. The Bertz CT molecular complexity index is 616. The summed E-state index contributed by atoms with van der Waals surface area (Å²) in [5.41, 5.74) is 0. The summed E-state index contributed by atoms with van der Waals surface area (Å²) in [5.74, 6) is -5.90. The van der Waals surface area contributed by atoms with Crippen molar-refractivity contribution in [2.75, 3.05) is 39.5 Å². The number of ether oxygens (including phenoxy) is 2. The van der Waals surface area contributed by atoms with Gasteiger partial charge >= 0.3 is 18.3 Å². The first-order valence-corrected chi connectivity index (χ1v) is 10.0. The standard InChI is InChI=1S/C15H23F4NO6S/c16-12(17)15(18,19)10-26-9-11-1-5-20(6-2-11)27(23,24)14(13(21)22)3-7-25-8-4-14/h11-12H,1-10H2,(H,21,22). The highest BCUT2D eigenvalue weighted by Crippen LogP contribution is 2.35. The maximum absolute atomic E-state index is 12.9. The molecule has 0 saturated carbocycles. The van der Waals surface area contributed by atoms with Crippen LogP contribution >= 0.6 is 0 Å². The Kier molecular flexibility index (Phi) is 7.09.